The smallest absolute Gasteiger partial charge is 0.252 e. The van der Waals surface area contributed by atoms with Crippen LogP contribution in [0, 0.1) is 6.92 Å². The Kier molecular flexibility index (Phi) is 6.70. The summed E-state index contributed by atoms with van der Waals surface area (Å²) >= 11 is 19.9. The molecule has 2 heterocycles. The van der Waals surface area contributed by atoms with Crippen LogP contribution in [0.2, 0.25) is 15.1 Å². The molecule has 1 N–H and O–H groups in total. The van der Waals surface area contributed by atoms with Gasteiger partial charge in [0.05, 0.1) is 20.8 Å². The molecular formula is C21H21Cl3N4OS. The van der Waals surface area contributed by atoms with E-state index in [0.29, 0.717) is 22.2 Å². The van der Waals surface area contributed by atoms with E-state index in [1.54, 1.807) is 29.5 Å². The van der Waals surface area contributed by atoms with Gasteiger partial charge in [0.25, 0.3) is 5.91 Å². The molecule has 2 aromatic carbocycles. The molecule has 0 spiro atoms. The van der Waals surface area contributed by atoms with E-state index in [0.717, 1.165) is 58.7 Å². The van der Waals surface area contributed by atoms with Crippen molar-refractivity contribution in [3.05, 3.63) is 56.5 Å². The van der Waals surface area contributed by atoms with E-state index in [-0.39, 0.29) is 5.91 Å². The van der Waals surface area contributed by atoms with Crippen molar-refractivity contribution in [2.75, 3.05) is 44.2 Å². The van der Waals surface area contributed by atoms with E-state index in [1.807, 2.05) is 19.1 Å². The van der Waals surface area contributed by atoms with Gasteiger partial charge in [0.2, 0.25) is 0 Å². The molecule has 0 saturated carbocycles. The number of nitrogens with zero attached hydrogens (tertiary/aromatic N) is 3. The summed E-state index contributed by atoms with van der Waals surface area (Å²) in [5.41, 5.74) is 2.47. The molecule has 30 heavy (non-hydrogen) atoms. The van der Waals surface area contributed by atoms with E-state index in [2.05, 4.69) is 15.1 Å². The first-order chi connectivity index (χ1) is 14.4. The molecule has 1 fully saturated rings. The molecule has 9 heteroatoms. The number of nitrogens with one attached hydrogen (secondary N) is 1. The fourth-order valence-electron chi connectivity index (χ4n) is 3.48. The van der Waals surface area contributed by atoms with Crippen molar-refractivity contribution in [1.29, 1.82) is 0 Å². The predicted molar refractivity (Wildman–Crippen MR) is 127 cm³/mol. The van der Waals surface area contributed by atoms with Gasteiger partial charge in [0.15, 0.2) is 5.13 Å². The molecule has 0 unspecified atom stereocenters. The summed E-state index contributed by atoms with van der Waals surface area (Å²) < 4.78 is 1.16. The van der Waals surface area contributed by atoms with Crippen LogP contribution in [0.5, 0.6) is 0 Å². The number of benzene rings is 2. The number of rotatable bonds is 5. The highest BCUT2D eigenvalue weighted by Crippen LogP contribution is 2.33. The van der Waals surface area contributed by atoms with Gasteiger partial charge < -0.3 is 10.2 Å². The molecular weight excluding hydrogens is 463 g/mol. The molecule has 0 radical (unpaired) electrons. The molecule has 0 aliphatic carbocycles. The first-order valence-corrected chi connectivity index (χ1v) is 11.6. The zero-order valence-electron chi connectivity index (χ0n) is 16.4. The van der Waals surface area contributed by atoms with E-state index in [4.69, 9.17) is 39.8 Å². The zero-order valence-corrected chi connectivity index (χ0v) is 19.5. The van der Waals surface area contributed by atoms with Gasteiger partial charge in [0, 0.05) is 49.3 Å². The number of anilines is 1. The van der Waals surface area contributed by atoms with Crippen LogP contribution in [0.4, 0.5) is 5.13 Å². The molecule has 3 aromatic rings. The third-order valence-corrected chi connectivity index (χ3v) is 7.31. The summed E-state index contributed by atoms with van der Waals surface area (Å²) in [5.74, 6) is -0.182. The SMILES string of the molecule is Cc1c(Cl)ccc2sc(N3CCN(CCNC(=O)c4ccc(Cl)cc4Cl)CC3)nc12. The minimum absolute atomic E-state index is 0.182. The fraction of sp³-hybridized carbons (Fsp3) is 0.333. The van der Waals surface area contributed by atoms with Gasteiger partial charge in [-0.2, -0.15) is 0 Å². The molecule has 158 valence electrons. The van der Waals surface area contributed by atoms with Crippen LogP contribution in [-0.4, -0.2) is 55.1 Å². The van der Waals surface area contributed by atoms with Crippen molar-refractivity contribution >= 4 is 67.4 Å². The van der Waals surface area contributed by atoms with Crippen LogP contribution < -0.4 is 10.2 Å². The molecule has 4 rings (SSSR count). The van der Waals surface area contributed by atoms with Crippen molar-refractivity contribution in [1.82, 2.24) is 15.2 Å². The topological polar surface area (TPSA) is 48.5 Å². The predicted octanol–water partition coefficient (Wildman–Crippen LogP) is 5.12. The van der Waals surface area contributed by atoms with Gasteiger partial charge in [-0.05, 0) is 42.8 Å². The lowest BCUT2D eigenvalue weighted by molar-refractivity contribution is 0.0948. The van der Waals surface area contributed by atoms with E-state index in [1.165, 1.54) is 0 Å². The largest absolute Gasteiger partial charge is 0.351 e. The highest BCUT2D eigenvalue weighted by Gasteiger charge is 2.20. The maximum atomic E-state index is 12.3. The number of fused-ring (bicyclic) bond motifs is 1. The van der Waals surface area contributed by atoms with E-state index < -0.39 is 0 Å². The number of hydrogen-bond donors (Lipinski definition) is 1. The summed E-state index contributed by atoms with van der Waals surface area (Å²) in [7, 11) is 0. The molecule has 1 aromatic heterocycles. The lowest BCUT2D eigenvalue weighted by atomic mass is 10.2. The lowest BCUT2D eigenvalue weighted by Crippen LogP contribution is -2.48. The van der Waals surface area contributed by atoms with Crippen molar-refractivity contribution in [3.8, 4) is 0 Å². The number of carbonyl (C=O) groups excluding carboxylic acids is 1. The maximum absolute atomic E-state index is 12.3. The lowest BCUT2D eigenvalue weighted by Gasteiger charge is -2.34. The quantitative estimate of drug-likeness (QED) is 0.547. The van der Waals surface area contributed by atoms with Crippen molar-refractivity contribution in [2.24, 2.45) is 0 Å². The number of thiazole rings is 1. The molecule has 1 aliphatic heterocycles. The second-order valence-corrected chi connectivity index (χ2v) is 9.48. The number of amides is 1. The summed E-state index contributed by atoms with van der Waals surface area (Å²) in [6, 6.07) is 8.86. The van der Waals surface area contributed by atoms with Crippen LogP contribution in [-0.2, 0) is 0 Å². The first-order valence-electron chi connectivity index (χ1n) is 9.68. The number of halogens is 3. The second-order valence-electron chi connectivity index (χ2n) is 7.22. The molecule has 1 amide bonds. The zero-order chi connectivity index (χ0) is 21.3. The fourth-order valence-corrected chi connectivity index (χ4v) is 5.21. The Morgan fingerprint density at radius 2 is 1.87 bits per heavy atom. The molecule has 1 saturated heterocycles. The van der Waals surface area contributed by atoms with Crippen LogP contribution in [0.1, 0.15) is 15.9 Å². The number of aryl methyl sites for hydroxylation is 1. The molecule has 0 bridgehead atoms. The Balaban J connectivity index is 1.28. The van der Waals surface area contributed by atoms with Gasteiger partial charge in [-0.3, -0.25) is 9.69 Å². The van der Waals surface area contributed by atoms with Gasteiger partial charge in [-0.15, -0.1) is 0 Å². The Morgan fingerprint density at radius 3 is 2.60 bits per heavy atom. The number of carbonyl (C=O) groups is 1. The van der Waals surface area contributed by atoms with Crippen molar-refractivity contribution in [2.45, 2.75) is 6.92 Å². The minimum Gasteiger partial charge on any atom is -0.351 e. The Bertz CT molecular complexity index is 1080. The molecule has 5 nitrogen and oxygen atoms in total. The third-order valence-electron chi connectivity index (χ3n) is 5.27. The summed E-state index contributed by atoms with van der Waals surface area (Å²) in [5, 5.41) is 5.61. The Morgan fingerprint density at radius 1 is 1.10 bits per heavy atom. The number of piperazine rings is 1. The van der Waals surface area contributed by atoms with Crippen molar-refractivity contribution in [3.63, 3.8) is 0 Å². The Hall–Kier alpha value is -1.57. The van der Waals surface area contributed by atoms with Crippen molar-refractivity contribution < 1.29 is 4.79 Å². The Labute approximate surface area is 194 Å². The monoisotopic (exact) mass is 482 g/mol. The van der Waals surface area contributed by atoms with E-state index >= 15 is 0 Å². The van der Waals surface area contributed by atoms with Gasteiger partial charge in [0.1, 0.15) is 0 Å². The number of aromatic nitrogens is 1. The van der Waals surface area contributed by atoms with Gasteiger partial charge in [-0.1, -0.05) is 46.1 Å². The molecule has 0 atom stereocenters. The van der Waals surface area contributed by atoms with Gasteiger partial charge >= 0.3 is 0 Å². The highest BCUT2D eigenvalue weighted by molar-refractivity contribution is 7.22. The minimum atomic E-state index is -0.182. The highest BCUT2D eigenvalue weighted by atomic mass is 35.5. The van der Waals surface area contributed by atoms with Crippen LogP contribution in [0.25, 0.3) is 10.2 Å². The van der Waals surface area contributed by atoms with Gasteiger partial charge in [-0.25, -0.2) is 4.98 Å². The second kappa shape index (κ2) is 9.28. The number of hydrogen-bond acceptors (Lipinski definition) is 5. The van der Waals surface area contributed by atoms with Crippen LogP contribution in [0.15, 0.2) is 30.3 Å². The standard InChI is InChI=1S/C21H21Cl3N4OS/c1-13-16(23)4-5-18-19(13)26-21(30-18)28-10-8-27(9-11-28)7-6-25-20(29)15-3-2-14(22)12-17(15)24/h2-5,12H,6-11H2,1H3,(H,25,29). The average Bonchev–Trinajstić information content (AvgIpc) is 3.16. The summed E-state index contributed by atoms with van der Waals surface area (Å²) in [4.78, 5) is 21.8. The first kappa shape index (κ1) is 21.7. The molecule has 1 aliphatic rings. The summed E-state index contributed by atoms with van der Waals surface area (Å²) in [6.07, 6.45) is 0. The third kappa shape index (κ3) is 4.68. The van der Waals surface area contributed by atoms with Crippen LogP contribution >= 0.6 is 46.1 Å². The maximum Gasteiger partial charge on any atom is 0.252 e. The average molecular weight is 484 g/mol. The normalized spacial score (nSPS) is 15.0. The summed E-state index contributed by atoms with van der Waals surface area (Å²) in [6.45, 7) is 7.03. The van der Waals surface area contributed by atoms with E-state index in [9.17, 15) is 4.79 Å². The van der Waals surface area contributed by atoms with Crippen LogP contribution in [0.3, 0.4) is 0 Å².